The molecular weight excluding hydrogens is 354 g/mol. The van der Waals surface area contributed by atoms with E-state index >= 15 is 0 Å². The Bertz CT molecular complexity index is 954. The lowest BCUT2D eigenvalue weighted by molar-refractivity contribution is 0.391. The van der Waals surface area contributed by atoms with Crippen LogP contribution in [0.15, 0.2) is 92.0 Å². The topological polar surface area (TPSA) is 84.2 Å². The van der Waals surface area contributed by atoms with Crippen LogP contribution in [0.1, 0.15) is 23.7 Å². The summed E-state index contributed by atoms with van der Waals surface area (Å²) in [6.45, 7) is 0. The normalized spacial score (nSPS) is 11.5. The maximum absolute atomic E-state index is 4.95. The molecule has 0 amide bonds. The standard InChI is InChI=1S/C19H17N9/c1-6-16(18(25-12-2-8-20-25)26-13-3-9-21-26)24-17(7-1)19(27-14-4-10-22-27)28-15-5-11-23-28/h1-15,18-19H. The van der Waals surface area contributed by atoms with Crippen molar-refractivity contribution < 1.29 is 0 Å². The molecule has 0 atom stereocenters. The van der Waals surface area contributed by atoms with E-state index in [1.165, 1.54) is 0 Å². The highest BCUT2D eigenvalue weighted by atomic mass is 15.5. The maximum Gasteiger partial charge on any atom is 0.185 e. The predicted molar refractivity (Wildman–Crippen MR) is 100 cm³/mol. The first-order chi connectivity index (χ1) is 13.9. The molecule has 138 valence electrons. The number of rotatable bonds is 6. The van der Waals surface area contributed by atoms with E-state index in [-0.39, 0.29) is 12.3 Å². The molecule has 5 aromatic rings. The number of hydrogen-bond donors (Lipinski definition) is 0. The van der Waals surface area contributed by atoms with Gasteiger partial charge in [-0.15, -0.1) is 0 Å². The zero-order chi connectivity index (χ0) is 18.8. The second kappa shape index (κ2) is 6.95. The molecule has 0 fully saturated rings. The van der Waals surface area contributed by atoms with Gasteiger partial charge in [-0.3, -0.25) is 0 Å². The van der Waals surface area contributed by atoms with Gasteiger partial charge in [-0.05, 0) is 36.4 Å². The van der Waals surface area contributed by atoms with Crippen LogP contribution in [0.25, 0.3) is 0 Å². The van der Waals surface area contributed by atoms with Gasteiger partial charge in [0.15, 0.2) is 12.3 Å². The summed E-state index contributed by atoms with van der Waals surface area (Å²) in [6.07, 6.45) is 14.0. The van der Waals surface area contributed by atoms with E-state index in [9.17, 15) is 0 Å². The average molecular weight is 371 g/mol. The molecule has 0 radical (unpaired) electrons. The van der Waals surface area contributed by atoms with Crippen molar-refractivity contribution in [3.8, 4) is 0 Å². The number of nitrogens with zero attached hydrogens (tertiary/aromatic N) is 9. The Morgan fingerprint density at radius 3 is 1.14 bits per heavy atom. The summed E-state index contributed by atoms with van der Waals surface area (Å²) in [6, 6.07) is 13.5. The Hall–Kier alpha value is -4.01. The lowest BCUT2D eigenvalue weighted by Gasteiger charge is -2.21. The summed E-state index contributed by atoms with van der Waals surface area (Å²) in [7, 11) is 0. The van der Waals surface area contributed by atoms with Gasteiger partial charge in [0, 0.05) is 49.6 Å². The Morgan fingerprint density at radius 2 is 0.857 bits per heavy atom. The number of aromatic nitrogens is 9. The summed E-state index contributed by atoms with van der Waals surface area (Å²) in [5, 5.41) is 17.6. The molecule has 0 saturated carbocycles. The van der Waals surface area contributed by atoms with Gasteiger partial charge >= 0.3 is 0 Å². The van der Waals surface area contributed by atoms with Gasteiger partial charge in [0.05, 0.1) is 11.4 Å². The summed E-state index contributed by atoms with van der Waals surface area (Å²) in [5.41, 5.74) is 1.63. The molecule has 5 rings (SSSR count). The fourth-order valence-corrected chi connectivity index (χ4v) is 3.24. The van der Waals surface area contributed by atoms with Gasteiger partial charge in [-0.2, -0.15) is 20.4 Å². The summed E-state index contributed by atoms with van der Waals surface area (Å²) in [4.78, 5) is 4.95. The third-order valence-electron chi connectivity index (χ3n) is 4.42. The molecule has 5 aromatic heterocycles. The van der Waals surface area contributed by atoms with Crippen LogP contribution in [-0.2, 0) is 0 Å². The maximum atomic E-state index is 4.95. The highest BCUT2D eigenvalue weighted by Gasteiger charge is 2.22. The second-order valence-corrected chi connectivity index (χ2v) is 6.18. The van der Waals surface area contributed by atoms with E-state index in [1.54, 1.807) is 24.8 Å². The first-order valence-corrected chi connectivity index (χ1v) is 8.83. The minimum absolute atomic E-state index is 0.291. The molecule has 28 heavy (non-hydrogen) atoms. The lowest BCUT2D eigenvalue weighted by Crippen LogP contribution is -2.25. The Balaban J connectivity index is 1.62. The van der Waals surface area contributed by atoms with E-state index in [1.807, 2.05) is 86.0 Å². The zero-order valence-corrected chi connectivity index (χ0v) is 14.8. The molecule has 5 heterocycles. The molecule has 0 N–H and O–H groups in total. The highest BCUT2D eigenvalue weighted by molar-refractivity contribution is 5.19. The smallest absolute Gasteiger partial charge is 0.185 e. The van der Waals surface area contributed by atoms with Gasteiger partial charge in [0.1, 0.15) is 0 Å². The van der Waals surface area contributed by atoms with Crippen molar-refractivity contribution in [2.45, 2.75) is 12.3 Å². The molecule has 0 aliphatic carbocycles. The van der Waals surface area contributed by atoms with Crippen molar-refractivity contribution in [1.29, 1.82) is 0 Å². The van der Waals surface area contributed by atoms with Crippen molar-refractivity contribution in [3.05, 3.63) is 103 Å². The molecule has 0 bridgehead atoms. The van der Waals surface area contributed by atoms with Gasteiger partial charge in [-0.1, -0.05) is 6.07 Å². The van der Waals surface area contributed by atoms with Crippen molar-refractivity contribution in [1.82, 2.24) is 44.1 Å². The SMILES string of the molecule is c1cc(C(n2cccn2)n2cccn2)nc(C(n2cccn2)n2cccn2)c1. The third-order valence-corrected chi connectivity index (χ3v) is 4.42. The highest BCUT2D eigenvalue weighted by Crippen LogP contribution is 2.22. The molecule has 0 spiro atoms. The molecular formula is C19H17N9. The molecule has 0 aromatic carbocycles. The van der Waals surface area contributed by atoms with Crippen LogP contribution >= 0.6 is 0 Å². The van der Waals surface area contributed by atoms with Crippen LogP contribution in [-0.4, -0.2) is 44.1 Å². The summed E-state index contributed by atoms with van der Waals surface area (Å²) in [5.74, 6) is 0. The van der Waals surface area contributed by atoms with Crippen LogP contribution in [0.5, 0.6) is 0 Å². The fourth-order valence-electron chi connectivity index (χ4n) is 3.24. The van der Waals surface area contributed by atoms with E-state index < -0.39 is 0 Å². The third kappa shape index (κ3) is 2.88. The van der Waals surface area contributed by atoms with Crippen LogP contribution < -0.4 is 0 Å². The van der Waals surface area contributed by atoms with Crippen molar-refractivity contribution >= 4 is 0 Å². The molecule has 0 aliphatic rings. The Kier molecular flexibility index (Phi) is 4.02. The number of hydrogen-bond acceptors (Lipinski definition) is 5. The van der Waals surface area contributed by atoms with Gasteiger partial charge in [-0.25, -0.2) is 23.7 Å². The quantitative estimate of drug-likeness (QED) is 0.456. The molecule has 0 aliphatic heterocycles. The average Bonchev–Trinajstić information content (AvgIpc) is 3.51. The summed E-state index contributed by atoms with van der Waals surface area (Å²) < 4.78 is 7.32. The lowest BCUT2D eigenvalue weighted by atomic mass is 10.2. The molecule has 9 heteroatoms. The Labute approximate surface area is 160 Å². The number of pyridine rings is 1. The van der Waals surface area contributed by atoms with Gasteiger partial charge < -0.3 is 0 Å². The zero-order valence-electron chi connectivity index (χ0n) is 14.8. The molecule has 0 saturated heterocycles. The van der Waals surface area contributed by atoms with Gasteiger partial charge in [0.25, 0.3) is 0 Å². The summed E-state index contributed by atoms with van der Waals surface area (Å²) >= 11 is 0. The fraction of sp³-hybridized carbons (Fsp3) is 0.105. The first kappa shape index (κ1) is 16.2. The molecule has 0 unspecified atom stereocenters. The van der Waals surface area contributed by atoms with E-state index in [4.69, 9.17) is 4.98 Å². The van der Waals surface area contributed by atoms with Crippen LogP contribution in [0.3, 0.4) is 0 Å². The predicted octanol–water partition coefficient (Wildman–Crippen LogP) is 2.06. The van der Waals surface area contributed by atoms with Crippen LogP contribution in [0.4, 0.5) is 0 Å². The minimum Gasteiger partial charge on any atom is -0.249 e. The first-order valence-electron chi connectivity index (χ1n) is 8.83. The second-order valence-electron chi connectivity index (χ2n) is 6.18. The van der Waals surface area contributed by atoms with E-state index in [2.05, 4.69) is 20.4 Å². The van der Waals surface area contributed by atoms with Crippen LogP contribution in [0.2, 0.25) is 0 Å². The van der Waals surface area contributed by atoms with Crippen LogP contribution in [0, 0.1) is 0 Å². The van der Waals surface area contributed by atoms with Gasteiger partial charge in [0.2, 0.25) is 0 Å². The Morgan fingerprint density at radius 1 is 0.500 bits per heavy atom. The van der Waals surface area contributed by atoms with Crippen molar-refractivity contribution in [2.75, 3.05) is 0 Å². The monoisotopic (exact) mass is 371 g/mol. The minimum atomic E-state index is -0.291. The van der Waals surface area contributed by atoms with E-state index in [0.717, 1.165) is 11.4 Å². The molecule has 9 nitrogen and oxygen atoms in total. The van der Waals surface area contributed by atoms with E-state index in [0.29, 0.717) is 0 Å². The largest absolute Gasteiger partial charge is 0.249 e. The van der Waals surface area contributed by atoms with Crippen molar-refractivity contribution in [2.24, 2.45) is 0 Å². The van der Waals surface area contributed by atoms with Crippen molar-refractivity contribution in [3.63, 3.8) is 0 Å².